The normalized spacial score (nSPS) is 10.9. The highest BCUT2D eigenvalue weighted by molar-refractivity contribution is 14.1. The first-order valence-corrected chi connectivity index (χ1v) is 11.1. The molecule has 1 amide bonds. The van der Waals surface area contributed by atoms with Crippen molar-refractivity contribution in [3.05, 3.63) is 102 Å². The summed E-state index contributed by atoms with van der Waals surface area (Å²) in [6.45, 7) is 1.94. The zero-order valence-corrected chi connectivity index (χ0v) is 20.3. The number of hydrogen-bond donors (Lipinski definition) is 1. The van der Waals surface area contributed by atoms with Gasteiger partial charge in [0.15, 0.2) is 0 Å². The number of rotatable bonds is 7. The van der Waals surface area contributed by atoms with E-state index in [1.807, 2.05) is 6.07 Å². The third-order valence-corrected chi connectivity index (χ3v) is 5.92. The quantitative estimate of drug-likeness (QED) is 0.118. The molecule has 0 aliphatic heterocycles. The van der Waals surface area contributed by atoms with Gasteiger partial charge in [-0.15, -0.1) is 0 Å². The third-order valence-electron chi connectivity index (χ3n) is 4.66. The fraction of sp³-hybridized carbons (Fsp3) is 0.0833. The molecular weight excluding hydrogens is 557 g/mol. The number of benzene rings is 3. The fourth-order valence-corrected chi connectivity index (χ4v) is 3.76. The van der Waals surface area contributed by atoms with E-state index in [4.69, 9.17) is 16.3 Å². The Kier molecular flexibility index (Phi) is 8.03. The second-order valence-electron chi connectivity index (χ2n) is 6.94. The van der Waals surface area contributed by atoms with Crippen LogP contribution in [0.1, 0.15) is 16.7 Å². The maximum absolute atomic E-state index is 12.6. The minimum absolute atomic E-state index is 0.00144. The highest BCUT2D eigenvalue weighted by atomic mass is 127. The molecule has 0 spiro atoms. The number of ether oxygens (including phenoxy) is 1. The SMILES string of the molecule is Cc1c(Cl)cccc1NC(=O)/C(C#N)=C\c1ccc(OCc2cccc([N+](=O)[O-])c2)c(I)c1. The number of hydrogen-bond acceptors (Lipinski definition) is 5. The van der Waals surface area contributed by atoms with Gasteiger partial charge in [-0.25, -0.2) is 0 Å². The van der Waals surface area contributed by atoms with Crippen molar-refractivity contribution >= 4 is 57.5 Å². The Morgan fingerprint density at radius 3 is 2.70 bits per heavy atom. The summed E-state index contributed by atoms with van der Waals surface area (Å²) >= 11 is 8.17. The Morgan fingerprint density at radius 1 is 1.24 bits per heavy atom. The van der Waals surface area contributed by atoms with Crippen LogP contribution in [-0.2, 0) is 11.4 Å². The first-order chi connectivity index (χ1) is 15.8. The Bertz CT molecular complexity index is 1300. The molecule has 0 saturated carbocycles. The zero-order valence-electron chi connectivity index (χ0n) is 17.3. The molecule has 1 N–H and O–H groups in total. The van der Waals surface area contributed by atoms with Gasteiger partial charge in [0, 0.05) is 22.8 Å². The molecular formula is C24H17ClIN3O4. The summed E-state index contributed by atoms with van der Waals surface area (Å²) in [7, 11) is 0. The second kappa shape index (κ2) is 10.9. The van der Waals surface area contributed by atoms with E-state index in [0.717, 1.165) is 3.57 Å². The number of carbonyl (C=O) groups excluding carboxylic acids is 1. The number of non-ortho nitro benzene ring substituents is 1. The minimum atomic E-state index is -0.538. The molecule has 0 atom stereocenters. The summed E-state index contributed by atoms with van der Waals surface area (Å²) < 4.78 is 6.55. The molecule has 3 aromatic carbocycles. The smallest absolute Gasteiger partial charge is 0.269 e. The van der Waals surface area contributed by atoms with Crippen molar-refractivity contribution in [3.63, 3.8) is 0 Å². The van der Waals surface area contributed by atoms with E-state index in [-0.39, 0.29) is 17.9 Å². The molecule has 0 fully saturated rings. The van der Waals surface area contributed by atoms with Gasteiger partial charge in [0.1, 0.15) is 24.0 Å². The first-order valence-electron chi connectivity index (χ1n) is 9.62. The lowest BCUT2D eigenvalue weighted by Gasteiger charge is -2.10. The molecule has 3 rings (SSSR count). The van der Waals surface area contributed by atoms with Gasteiger partial charge in [-0.1, -0.05) is 35.9 Å². The van der Waals surface area contributed by atoms with E-state index in [0.29, 0.717) is 33.1 Å². The number of nitrogens with zero attached hydrogens (tertiary/aromatic N) is 2. The molecule has 33 heavy (non-hydrogen) atoms. The standard InChI is InChI=1S/C24H17ClIN3O4/c1-15-20(25)6-3-7-22(15)28-24(30)18(13-27)10-16-8-9-23(21(26)12-16)33-14-17-4-2-5-19(11-17)29(31)32/h2-12H,14H2,1H3,(H,28,30)/b18-10-. The summed E-state index contributed by atoms with van der Waals surface area (Å²) in [5.74, 6) is 0.0423. The monoisotopic (exact) mass is 573 g/mol. The first kappa shape index (κ1) is 24.2. The maximum Gasteiger partial charge on any atom is 0.269 e. The van der Waals surface area contributed by atoms with Crippen molar-refractivity contribution in [1.82, 2.24) is 0 Å². The molecule has 166 valence electrons. The molecule has 0 aliphatic carbocycles. The number of amides is 1. The molecule has 0 heterocycles. The topological polar surface area (TPSA) is 105 Å². The Balaban J connectivity index is 1.73. The fourth-order valence-electron chi connectivity index (χ4n) is 2.89. The lowest BCUT2D eigenvalue weighted by Crippen LogP contribution is -2.14. The largest absolute Gasteiger partial charge is 0.488 e. The Hall–Kier alpha value is -3.42. The minimum Gasteiger partial charge on any atom is -0.488 e. The number of carbonyl (C=O) groups is 1. The zero-order chi connectivity index (χ0) is 24.0. The van der Waals surface area contributed by atoms with E-state index in [9.17, 15) is 20.2 Å². The van der Waals surface area contributed by atoms with Crippen molar-refractivity contribution < 1.29 is 14.5 Å². The van der Waals surface area contributed by atoms with Gasteiger partial charge in [0.2, 0.25) is 0 Å². The van der Waals surface area contributed by atoms with Crippen LogP contribution in [0.25, 0.3) is 6.08 Å². The van der Waals surface area contributed by atoms with Crippen molar-refractivity contribution in [2.75, 3.05) is 5.32 Å². The summed E-state index contributed by atoms with van der Waals surface area (Å²) in [6, 6.07) is 18.5. The van der Waals surface area contributed by atoms with Crippen LogP contribution in [0.4, 0.5) is 11.4 Å². The summed E-state index contributed by atoms with van der Waals surface area (Å²) in [4.78, 5) is 23.0. The van der Waals surface area contributed by atoms with Crippen molar-refractivity contribution in [2.45, 2.75) is 13.5 Å². The molecule has 0 bridgehead atoms. The predicted octanol–water partition coefficient (Wildman–Crippen LogP) is 6.29. The van der Waals surface area contributed by atoms with E-state index in [1.165, 1.54) is 18.2 Å². The van der Waals surface area contributed by atoms with Gasteiger partial charge in [0.05, 0.1) is 8.49 Å². The predicted molar refractivity (Wildman–Crippen MR) is 135 cm³/mol. The molecule has 0 radical (unpaired) electrons. The number of nitro benzene ring substituents is 1. The van der Waals surface area contributed by atoms with Gasteiger partial charge < -0.3 is 10.1 Å². The molecule has 0 unspecified atom stereocenters. The number of nitro groups is 1. The van der Waals surface area contributed by atoms with Gasteiger partial charge in [-0.3, -0.25) is 14.9 Å². The summed E-state index contributed by atoms with van der Waals surface area (Å²) in [5, 5.41) is 23.6. The summed E-state index contributed by atoms with van der Waals surface area (Å²) in [6.07, 6.45) is 1.49. The molecule has 0 aromatic heterocycles. The van der Waals surface area contributed by atoms with Crippen LogP contribution in [0.15, 0.2) is 66.2 Å². The molecule has 3 aromatic rings. The van der Waals surface area contributed by atoms with Crippen LogP contribution in [-0.4, -0.2) is 10.8 Å². The van der Waals surface area contributed by atoms with E-state index in [2.05, 4.69) is 27.9 Å². The Labute approximate surface area is 208 Å². The second-order valence-corrected chi connectivity index (χ2v) is 8.51. The number of halogens is 2. The van der Waals surface area contributed by atoms with Crippen LogP contribution in [0.2, 0.25) is 5.02 Å². The maximum atomic E-state index is 12.6. The van der Waals surface area contributed by atoms with Crippen LogP contribution < -0.4 is 10.1 Å². The van der Waals surface area contributed by atoms with E-state index < -0.39 is 10.8 Å². The average Bonchev–Trinajstić information content (AvgIpc) is 2.80. The van der Waals surface area contributed by atoms with E-state index in [1.54, 1.807) is 55.5 Å². The Morgan fingerprint density at radius 2 is 2.00 bits per heavy atom. The van der Waals surface area contributed by atoms with Crippen molar-refractivity contribution in [3.8, 4) is 11.8 Å². The van der Waals surface area contributed by atoms with E-state index >= 15 is 0 Å². The van der Waals surface area contributed by atoms with Gasteiger partial charge in [0.25, 0.3) is 11.6 Å². The molecule has 9 heteroatoms. The lowest BCUT2D eigenvalue weighted by atomic mass is 10.1. The van der Waals surface area contributed by atoms with Crippen molar-refractivity contribution in [2.24, 2.45) is 0 Å². The van der Waals surface area contributed by atoms with Crippen LogP contribution in [0.5, 0.6) is 5.75 Å². The van der Waals surface area contributed by atoms with Crippen LogP contribution in [0.3, 0.4) is 0 Å². The average molecular weight is 574 g/mol. The number of nitrogens with one attached hydrogen (secondary N) is 1. The van der Waals surface area contributed by atoms with Gasteiger partial charge >= 0.3 is 0 Å². The van der Waals surface area contributed by atoms with Crippen LogP contribution >= 0.6 is 34.2 Å². The van der Waals surface area contributed by atoms with Gasteiger partial charge in [-0.2, -0.15) is 5.26 Å². The molecule has 0 aliphatic rings. The summed E-state index contributed by atoms with van der Waals surface area (Å²) in [5.41, 5.74) is 2.51. The van der Waals surface area contributed by atoms with Crippen molar-refractivity contribution in [1.29, 1.82) is 5.26 Å². The number of anilines is 1. The molecule has 0 saturated heterocycles. The lowest BCUT2D eigenvalue weighted by molar-refractivity contribution is -0.384. The molecule has 7 nitrogen and oxygen atoms in total. The van der Waals surface area contributed by atoms with Crippen LogP contribution in [0, 0.1) is 31.9 Å². The third kappa shape index (κ3) is 6.31. The highest BCUT2D eigenvalue weighted by Crippen LogP contribution is 2.26. The highest BCUT2D eigenvalue weighted by Gasteiger charge is 2.13. The van der Waals surface area contributed by atoms with Gasteiger partial charge in [-0.05, 0) is 76.5 Å². The number of nitriles is 1.